The molecule has 3 unspecified atom stereocenters. The SMILES string of the molecule is CC(C)C(NC(=O)C(N)CCC(=O)O)C(=O)O.NC(=O)NCCCC(N)C(=O)O. The molecule has 0 aromatic carbocycles. The van der Waals surface area contributed by atoms with Gasteiger partial charge in [-0.1, -0.05) is 13.8 Å². The zero-order valence-electron chi connectivity index (χ0n) is 16.5. The number of nitrogens with two attached hydrogens (primary N) is 3. The van der Waals surface area contributed by atoms with E-state index in [2.05, 4.69) is 10.6 Å². The topological polar surface area (TPSA) is 248 Å². The van der Waals surface area contributed by atoms with Gasteiger partial charge in [0, 0.05) is 13.0 Å². The van der Waals surface area contributed by atoms with Gasteiger partial charge in [-0.25, -0.2) is 9.59 Å². The molecule has 0 spiro atoms. The van der Waals surface area contributed by atoms with Crippen molar-refractivity contribution >= 4 is 29.8 Å². The molecule has 3 amide bonds. The van der Waals surface area contributed by atoms with Crippen LogP contribution in [0.4, 0.5) is 4.79 Å². The number of carboxylic acids is 3. The van der Waals surface area contributed by atoms with Crippen LogP contribution in [-0.2, 0) is 19.2 Å². The Morgan fingerprint density at radius 2 is 1.45 bits per heavy atom. The van der Waals surface area contributed by atoms with Gasteiger partial charge < -0.3 is 43.2 Å². The Bertz CT molecular complexity index is 570. The molecule has 3 atom stereocenters. The van der Waals surface area contributed by atoms with Crippen LogP contribution in [0.3, 0.4) is 0 Å². The highest BCUT2D eigenvalue weighted by molar-refractivity contribution is 5.87. The highest BCUT2D eigenvalue weighted by Crippen LogP contribution is 2.03. The molecule has 0 fully saturated rings. The molecule has 13 nitrogen and oxygen atoms in total. The van der Waals surface area contributed by atoms with Gasteiger partial charge in [0.05, 0.1) is 6.04 Å². The van der Waals surface area contributed by atoms with Crippen molar-refractivity contribution in [3.05, 3.63) is 0 Å². The molecule has 0 saturated carbocycles. The molecule has 11 N–H and O–H groups in total. The van der Waals surface area contributed by atoms with Crippen LogP contribution in [0.1, 0.15) is 39.5 Å². The van der Waals surface area contributed by atoms with Crippen molar-refractivity contribution in [2.24, 2.45) is 23.1 Å². The third-order valence-corrected chi connectivity index (χ3v) is 3.54. The third kappa shape index (κ3) is 15.8. The minimum absolute atomic E-state index is 0.0222. The first kappa shape index (κ1) is 28.3. The van der Waals surface area contributed by atoms with E-state index in [4.69, 9.17) is 32.5 Å². The molecule has 0 aliphatic rings. The van der Waals surface area contributed by atoms with Gasteiger partial charge in [-0.05, 0) is 25.2 Å². The van der Waals surface area contributed by atoms with Crippen molar-refractivity contribution in [2.75, 3.05) is 6.54 Å². The Balaban J connectivity index is 0. The molecule has 0 aromatic rings. The molecule has 13 heteroatoms. The van der Waals surface area contributed by atoms with Gasteiger partial charge in [0.2, 0.25) is 5.91 Å². The number of carboxylic acid groups (broad SMARTS) is 3. The molecule has 0 saturated heterocycles. The number of hydrogen-bond donors (Lipinski definition) is 8. The highest BCUT2D eigenvalue weighted by Gasteiger charge is 2.26. The van der Waals surface area contributed by atoms with Gasteiger partial charge in [0.25, 0.3) is 0 Å². The normalized spacial score (nSPS) is 13.3. The summed E-state index contributed by atoms with van der Waals surface area (Å²) in [5.41, 5.74) is 15.4. The summed E-state index contributed by atoms with van der Waals surface area (Å²) in [7, 11) is 0. The van der Waals surface area contributed by atoms with Crippen molar-refractivity contribution in [1.29, 1.82) is 0 Å². The van der Waals surface area contributed by atoms with E-state index in [0.717, 1.165) is 0 Å². The second-order valence-electron chi connectivity index (χ2n) is 6.49. The summed E-state index contributed by atoms with van der Waals surface area (Å²) in [6.07, 6.45) is 0.589. The Labute approximate surface area is 168 Å². The maximum Gasteiger partial charge on any atom is 0.326 e. The summed E-state index contributed by atoms with van der Waals surface area (Å²) in [6, 6.07) is -3.50. The number of primary amides is 1. The van der Waals surface area contributed by atoms with Gasteiger partial charge in [0.1, 0.15) is 12.1 Å². The van der Waals surface area contributed by atoms with Crippen molar-refractivity contribution in [3.8, 4) is 0 Å². The van der Waals surface area contributed by atoms with Crippen molar-refractivity contribution in [3.63, 3.8) is 0 Å². The van der Waals surface area contributed by atoms with Crippen LogP contribution < -0.4 is 27.8 Å². The van der Waals surface area contributed by atoms with Crippen molar-refractivity contribution in [2.45, 2.75) is 57.7 Å². The van der Waals surface area contributed by atoms with E-state index in [1.54, 1.807) is 13.8 Å². The summed E-state index contributed by atoms with van der Waals surface area (Å²) in [5, 5.41) is 30.2. The minimum atomic E-state index is -1.14. The number of aliphatic carboxylic acids is 3. The predicted molar refractivity (Wildman–Crippen MR) is 102 cm³/mol. The number of amides is 3. The van der Waals surface area contributed by atoms with Crippen LogP contribution in [0.2, 0.25) is 0 Å². The largest absolute Gasteiger partial charge is 0.481 e. The Kier molecular flexibility index (Phi) is 14.7. The zero-order valence-corrected chi connectivity index (χ0v) is 16.5. The minimum Gasteiger partial charge on any atom is -0.481 e. The van der Waals surface area contributed by atoms with E-state index in [0.29, 0.717) is 19.4 Å². The van der Waals surface area contributed by atoms with Crippen LogP contribution in [0.5, 0.6) is 0 Å². The van der Waals surface area contributed by atoms with Crippen molar-refractivity contribution in [1.82, 2.24) is 10.6 Å². The Hall–Kier alpha value is -2.93. The number of nitrogens with one attached hydrogen (secondary N) is 2. The number of urea groups is 1. The number of rotatable bonds is 12. The summed E-state index contributed by atoms with van der Waals surface area (Å²) in [4.78, 5) is 52.9. The second-order valence-corrected chi connectivity index (χ2v) is 6.49. The van der Waals surface area contributed by atoms with E-state index in [1.807, 2.05) is 0 Å². The first-order valence-corrected chi connectivity index (χ1v) is 8.81. The molecule has 0 aliphatic heterocycles. The van der Waals surface area contributed by atoms with Crippen molar-refractivity contribution < 1.29 is 39.3 Å². The van der Waals surface area contributed by atoms with Gasteiger partial charge in [-0.15, -0.1) is 0 Å². The van der Waals surface area contributed by atoms with Gasteiger partial charge in [-0.2, -0.15) is 0 Å². The second kappa shape index (κ2) is 15.0. The van der Waals surface area contributed by atoms with E-state index in [9.17, 15) is 24.0 Å². The van der Waals surface area contributed by atoms with Crippen LogP contribution in [0.25, 0.3) is 0 Å². The molecule has 0 aliphatic carbocycles. The molecule has 0 heterocycles. The maximum absolute atomic E-state index is 11.5. The molecule has 0 aromatic heterocycles. The van der Waals surface area contributed by atoms with E-state index < -0.39 is 48.0 Å². The lowest BCUT2D eigenvalue weighted by molar-refractivity contribution is -0.143. The first-order valence-electron chi connectivity index (χ1n) is 8.81. The highest BCUT2D eigenvalue weighted by atomic mass is 16.4. The molecular formula is C16H31N5O8. The monoisotopic (exact) mass is 421 g/mol. The quantitative estimate of drug-likeness (QED) is 0.165. The van der Waals surface area contributed by atoms with E-state index in [-0.39, 0.29) is 18.8 Å². The first-order chi connectivity index (χ1) is 13.3. The predicted octanol–water partition coefficient (Wildman–Crippen LogP) is -1.75. The summed E-state index contributed by atoms with van der Waals surface area (Å²) < 4.78 is 0. The molecule has 29 heavy (non-hydrogen) atoms. The summed E-state index contributed by atoms with van der Waals surface area (Å²) >= 11 is 0. The molecule has 0 rings (SSSR count). The van der Waals surface area contributed by atoms with Crippen LogP contribution in [-0.4, -0.2) is 69.8 Å². The lowest BCUT2D eigenvalue weighted by atomic mass is 10.0. The number of hydrogen-bond acceptors (Lipinski definition) is 7. The molecular weight excluding hydrogens is 390 g/mol. The number of carbonyl (C=O) groups excluding carboxylic acids is 2. The smallest absolute Gasteiger partial charge is 0.326 e. The van der Waals surface area contributed by atoms with Gasteiger partial charge in [-0.3, -0.25) is 14.4 Å². The van der Waals surface area contributed by atoms with E-state index in [1.165, 1.54) is 0 Å². The molecule has 0 bridgehead atoms. The lowest BCUT2D eigenvalue weighted by Crippen LogP contribution is -2.50. The average Bonchev–Trinajstić information content (AvgIpc) is 2.60. The number of carbonyl (C=O) groups is 5. The Morgan fingerprint density at radius 1 is 0.897 bits per heavy atom. The summed E-state index contributed by atoms with van der Waals surface area (Å²) in [6.45, 7) is 3.67. The van der Waals surface area contributed by atoms with Crippen LogP contribution in [0.15, 0.2) is 0 Å². The van der Waals surface area contributed by atoms with Crippen LogP contribution in [0, 0.1) is 5.92 Å². The fourth-order valence-electron chi connectivity index (χ4n) is 1.84. The Morgan fingerprint density at radius 3 is 1.83 bits per heavy atom. The standard InChI is InChI=1S/C10H18N2O5.C6H13N3O3/c1-5(2)8(10(16)17)12-9(15)6(11)3-4-7(13)14;7-4(5(10)11)2-1-3-9-6(8)12/h5-6,8H,3-4,11H2,1-2H3,(H,12,15)(H,13,14)(H,16,17);4H,1-3,7H2,(H,10,11)(H3,8,9,12). The molecule has 0 radical (unpaired) electrons. The lowest BCUT2D eigenvalue weighted by Gasteiger charge is -2.20. The van der Waals surface area contributed by atoms with Gasteiger partial charge in [0.15, 0.2) is 0 Å². The van der Waals surface area contributed by atoms with E-state index >= 15 is 0 Å². The average molecular weight is 421 g/mol. The van der Waals surface area contributed by atoms with Gasteiger partial charge >= 0.3 is 23.9 Å². The van der Waals surface area contributed by atoms with Crippen LogP contribution >= 0.6 is 0 Å². The molecule has 168 valence electrons. The fraction of sp³-hybridized carbons (Fsp3) is 0.688. The zero-order chi connectivity index (χ0) is 23.1. The third-order valence-electron chi connectivity index (χ3n) is 3.54. The summed E-state index contributed by atoms with van der Waals surface area (Å²) in [5.74, 6) is -4.14. The maximum atomic E-state index is 11.5. The fourth-order valence-corrected chi connectivity index (χ4v) is 1.84.